The van der Waals surface area contributed by atoms with E-state index in [1.165, 1.54) is 25.7 Å². The van der Waals surface area contributed by atoms with E-state index in [2.05, 4.69) is 5.48 Å². The summed E-state index contributed by atoms with van der Waals surface area (Å²) in [5.74, 6) is 0. The number of ether oxygens (including phenoxy) is 1. The Morgan fingerprint density at radius 3 is 2.73 bits per heavy atom. The minimum atomic E-state index is 0.277. The Bertz CT molecular complexity index is 150. The summed E-state index contributed by atoms with van der Waals surface area (Å²) < 4.78 is 5.13. The van der Waals surface area contributed by atoms with Crippen LogP contribution in [0.1, 0.15) is 38.5 Å². The van der Waals surface area contributed by atoms with Crippen molar-refractivity contribution in [2.75, 3.05) is 20.3 Å². The molecule has 4 nitrogen and oxygen atoms in total. The second-order valence-electron chi connectivity index (χ2n) is 4.23. The molecule has 1 fully saturated rings. The van der Waals surface area contributed by atoms with Crippen molar-refractivity contribution in [3.05, 3.63) is 0 Å². The highest BCUT2D eigenvalue weighted by atomic mass is 16.7. The van der Waals surface area contributed by atoms with Gasteiger partial charge < -0.3 is 10.5 Å². The van der Waals surface area contributed by atoms with Gasteiger partial charge in [-0.2, -0.15) is 5.48 Å². The molecule has 0 spiro atoms. The van der Waals surface area contributed by atoms with E-state index in [0.29, 0.717) is 12.7 Å². The van der Waals surface area contributed by atoms with E-state index in [0.717, 1.165) is 19.4 Å². The third-order valence-corrected chi connectivity index (χ3v) is 2.83. The molecule has 4 heteroatoms. The lowest BCUT2D eigenvalue weighted by Crippen LogP contribution is -2.36. The van der Waals surface area contributed by atoms with Crippen molar-refractivity contribution in [3.8, 4) is 0 Å². The Balaban J connectivity index is 2.11. The molecule has 0 amide bonds. The quantitative estimate of drug-likeness (QED) is 0.599. The third-order valence-electron chi connectivity index (χ3n) is 2.83. The number of hydrogen-bond acceptors (Lipinski definition) is 4. The van der Waals surface area contributed by atoms with Gasteiger partial charge in [-0.3, -0.25) is 4.84 Å². The van der Waals surface area contributed by atoms with Gasteiger partial charge in [-0.15, -0.1) is 0 Å². The van der Waals surface area contributed by atoms with Crippen LogP contribution in [-0.2, 0) is 9.57 Å². The molecule has 1 saturated carbocycles. The largest absolute Gasteiger partial charge is 0.383 e. The lowest BCUT2D eigenvalue weighted by Gasteiger charge is -2.20. The number of nitrogens with two attached hydrogens (primary N) is 1. The first-order valence-corrected chi connectivity index (χ1v) is 5.97. The van der Waals surface area contributed by atoms with E-state index in [4.69, 9.17) is 15.3 Å². The maximum atomic E-state index is 5.64. The molecule has 0 radical (unpaired) electrons. The Morgan fingerprint density at radius 1 is 1.40 bits per heavy atom. The van der Waals surface area contributed by atoms with Gasteiger partial charge in [0.2, 0.25) is 0 Å². The monoisotopic (exact) mass is 216 g/mol. The summed E-state index contributed by atoms with van der Waals surface area (Å²) in [5.41, 5.74) is 8.60. The van der Waals surface area contributed by atoms with E-state index in [1.54, 1.807) is 7.11 Å². The lowest BCUT2D eigenvalue weighted by molar-refractivity contribution is -0.0541. The molecule has 0 aromatic rings. The van der Waals surface area contributed by atoms with Gasteiger partial charge in [0.1, 0.15) is 0 Å². The van der Waals surface area contributed by atoms with Gasteiger partial charge in [-0.25, -0.2) is 0 Å². The van der Waals surface area contributed by atoms with Crippen LogP contribution in [-0.4, -0.2) is 32.4 Å². The van der Waals surface area contributed by atoms with Crippen LogP contribution in [0.4, 0.5) is 0 Å². The number of hydrogen-bond donors (Lipinski definition) is 2. The average Bonchev–Trinajstić information content (AvgIpc) is 2.75. The zero-order valence-corrected chi connectivity index (χ0v) is 9.71. The molecule has 0 aliphatic heterocycles. The van der Waals surface area contributed by atoms with Crippen LogP contribution < -0.4 is 11.2 Å². The molecule has 90 valence electrons. The van der Waals surface area contributed by atoms with Gasteiger partial charge in [-0.05, 0) is 32.2 Å². The molecule has 1 unspecified atom stereocenters. The van der Waals surface area contributed by atoms with Gasteiger partial charge in [0, 0.05) is 7.11 Å². The molecule has 1 rings (SSSR count). The van der Waals surface area contributed by atoms with Crippen LogP contribution in [0.5, 0.6) is 0 Å². The van der Waals surface area contributed by atoms with Crippen LogP contribution in [0.2, 0.25) is 0 Å². The van der Waals surface area contributed by atoms with Crippen LogP contribution >= 0.6 is 0 Å². The molecule has 1 aliphatic rings. The SMILES string of the molecule is COCC(CCCN)NOC1CCCC1. The van der Waals surface area contributed by atoms with Gasteiger partial charge in [0.25, 0.3) is 0 Å². The van der Waals surface area contributed by atoms with Crippen molar-refractivity contribution in [2.24, 2.45) is 5.73 Å². The molecular formula is C11H24N2O2. The van der Waals surface area contributed by atoms with Gasteiger partial charge >= 0.3 is 0 Å². The fraction of sp³-hybridized carbons (Fsp3) is 1.00. The van der Waals surface area contributed by atoms with Gasteiger partial charge in [0.15, 0.2) is 0 Å². The first-order valence-electron chi connectivity index (χ1n) is 5.97. The fourth-order valence-corrected chi connectivity index (χ4v) is 1.94. The van der Waals surface area contributed by atoms with E-state index >= 15 is 0 Å². The molecular weight excluding hydrogens is 192 g/mol. The highest BCUT2D eigenvalue weighted by Crippen LogP contribution is 2.20. The average molecular weight is 216 g/mol. The van der Waals surface area contributed by atoms with Crippen molar-refractivity contribution >= 4 is 0 Å². The summed E-state index contributed by atoms with van der Waals surface area (Å²) in [4.78, 5) is 5.64. The molecule has 3 N–H and O–H groups in total. The van der Waals surface area contributed by atoms with Crippen LogP contribution in [0.25, 0.3) is 0 Å². The number of methoxy groups -OCH3 is 1. The maximum absolute atomic E-state index is 5.64. The summed E-state index contributed by atoms with van der Waals surface area (Å²) >= 11 is 0. The zero-order chi connectivity index (χ0) is 10.9. The van der Waals surface area contributed by atoms with Crippen LogP contribution in [0.3, 0.4) is 0 Å². The number of hydroxylamine groups is 1. The minimum absolute atomic E-state index is 0.277. The Labute approximate surface area is 92.5 Å². The van der Waals surface area contributed by atoms with E-state index in [9.17, 15) is 0 Å². The summed E-state index contributed by atoms with van der Waals surface area (Å²) in [6, 6.07) is 0.277. The summed E-state index contributed by atoms with van der Waals surface area (Å²) in [6.07, 6.45) is 7.38. The van der Waals surface area contributed by atoms with Crippen molar-refractivity contribution in [2.45, 2.75) is 50.7 Å². The van der Waals surface area contributed by atoms with E-state index < -0.39 is 0 Å². The van der Waals surface area contributed by atoms with Crippen molar-refractivity contribution in [1.82, 2.24) is 5.48 Å². The Hall–Kier alpha value is -0.160. The van der Waals surface area contributed by atoms with E-state index in [-0.39, 0.29) is 6.04 Å². The molecule has 0 aromatic carbocycles. The molecule has 15 heavy (non-hydrogen) atoms. The third kappa shape index (κ3) is 5.47. The lowest BCUT2D eigenvalue weighted by atomic mass is 10.2. The predicted molar refractivity (Wildman–Crippen MR) is 60.4 cm³/mol. The van der Waals surface area contributed by atoms with Crippen molar-refractivity contribution in [1.29, 1.82) is 0 Å². The zero-order valence-electron chi connectivity index (χ0n) is 9.71. The van der Waals surface area contributed by atoms with Gasteiger partial charge in [0.05, 0.1) is 18.8 Å². The molecule has 0 heterocycles. The summed E-state index contributed by atoms with van der Waals surface area (Å²) in [6.45, 7) is 1.41. The van der Waals surface area contributed by atoms with Crippen molar-refractivity contribution in [3.63, 3.8) is 0 Å². The second kappa shape index (κ2) is 8.05. The number of rotatable bonds is 8. The predicted octanol–water partition coefficient (Wildman–Crippen LogP) is 1.20. The fourth-order valence-electron chi connectivity index (χ4n) is 1.94. The summed E-state index contributed by atoms with van der Waals surface area (Å²) in [5, 5.41) is 0. The van der Waals surface area contributed by atoms with Crippen molar-refractivity contribution < 1.29 is 9.57 Å². The first kappa shape index (κ1) is 12.9. The molecule has 0 saturated heterocycles. The molecule has 0 bridgehead atoms. The molecule has 1 aliphatic carbocycles. The topological polar surface area (TPSA) is 56.5 Å². The van der Waals surface area contributed by atoms with Gasteiger partial charge in [-0.1, -0.05) is 12.8 Å². The smallest absolute Gasteiger partial charge is 0.0790 e. The standard InChI is InChI=1S/C11H24N2O2/c1-14-9-10(5-4-8-12)13-15-11-6-2-3-7-11/h10-11,13H,2-9,12H2,1H3. The first-order chi connectivity index (χ1) is 7.36. The highest BCUT2D eigenvalue weighted by molar-refractivity contribution is 4.67. The maximum Gasteiger partial charge on any atom is 0.0790 e. The molecule has 0 aromatic heterocycles. The minimum Gasteiger partial charge on any atom is -0.383 e. The molecule has 1 atom stereocenters. The van der Waals surface area contributed by atoms with E-state index in [1.807, 2.05) is 0 Å². The Kier molecular flexibility index (Phi) is 6.92. The normalized spacial score (nSPS) is 19.6. The van der Waals surface area contributed by atoms with Crippen LogP contribution in [0, 0.1) is 0 Å². The number of nitrogens with one attached hydrogen (secondary N) is 1. The summed E-state index contributed by atoms with van der Waals surface area (Å²) in [7, 11) is 1.71. The Morgan fingerprint density at radius 2 is 2.13 bits per heavy atom. The second-order valence-corrected chi connectivity index (χ2v) is 4.23. The van der Waals surface area contributed by atoms with Crippen LogP contribution in [0.15, 0.2) is 0 Å². The highest BCUT2D eigenvalue weighted by Gasteiger charge is 2.17.